The molecule has 22 heavy (non-hydrogen) atoms. The maximum Gasteiger partial charge on any atom is 0.249 e. The second-order valence-corrected chi connectivity index (χ2v) is 8.29. The number of allylic oxidation sites excluding steroid dienone is 1. The van der Waals surface area contributed by atoms with Gasteiger partial charge in [0, 0.05) is 28.4 Å². The highest BCUT2D eigenvalue weighted by Gasteiger charge is 2.35. The predicted octanol–water partition coefficient (Wildman–Crippen LogP) is 2.09. The van der Waals surface area contributed by atoms with Crippen molar-refractivity contribution in [3.8, 4) is 0 Å². The van der Waals surface area contributed by atoms with E-state index in [1.54, 1.807) is 0 Å². The number of hydrogen-bond donors (Lipinski definition) is 3. The van der Waals surface area contributed by atoms with Gasteiger partial charge in [-0.2, -0.15) is 0 Å². The number of carbonyl (C=O) groups is 2. The molecule has 1 rings (SSSR count). The van der Waals surface area contributed by atoms with Gasteiger partial charge in [0.05, 0.1) is 5.92 Å². The summed E-state index contributed by atoms with van der Waals surface area (Å²) in [5.41, 5.74) is 0.952. The molecular weight excluding hydrogens is 278 g/mol. The lowest BCUT2D eigenvalue weighted by Crippen LogP contribution is -2.52. The molecule has 5 nitrogen and oxygen atoms in total. The van der Waals surface area contributed by atoms with E-state index in [1.807, 2.05) is 55.4 Å². The summed E-state index contributed by atoms with van der Waals surface area (Å²) in [6.45, 7) is 15.6. The molecule has 1 aliphatic heterocycles. The van der Waals surface area contributed by atoms with E-state index >= 15 is 0 Å². The van der Waals surface area contributed by atoms with Crippen molar-refractivity contribution in [1.82, 2.24) is 16.0 Å². The number of amides is 2. The summed E-state index contributed by atoms with van der Waals surface area (Å²) in [6.07, 6.45) is 0.462. The molecule has 0 aliphatic carbocycles. The van der Waals surface area contributed by atoms with Crippen molar-refractivity contribution in [2.45, 2.75) is 78.9 Å². The lowest BCUT2D eigenvalue weighted by atomic mass is 9.86. The third-order valence-electron chi connectivity index (χ3n) is 3.52. The van der Waals surface area contributed by atoms with Crippen LogP contribution in [0.25, 0.3) is 0 Å². The van der Waals surface area contributed by atoms with E-state index in [0.29, 0.717) is 12.0 Å². The first-order chi connectivity index (χ1) is 9.80. The Kier molecular flexibility index (Phi) is 5.31. The first kappa shape index (κ1) is 18.5. The molecule has 0 radical (unpaired) electrons. The van der Waals surface area contributed by atoms with Crippen molar-refractivity contribution in [2.24, 2.45) is 5.92 Å². The standard InChI is InChI=1S/C17H31N3O2/c1-10-12(14(21)19-16(3,4)5)9-13(11(2)18-10)15(22)20-17(6,7)8/h10,12,18H,9H2,1-8H3,(H,19,21)(H,20,22)/t10-,12-/m1/s1. The Bertz CT molecular complexity index is 481. The van der Waals surface area contributed by atoms with Crippen LogP contribution in [0, 0.1) is 5.92 Å². The molecule has 0 aromatic heterocycles. The zero-order valence-electron chi connectivity index (χ0n) is 15.2. The van der Waals surface area contributed by atoms with Crippen LogP contribution in [0.15, 0.2) is 11.3 Å². The minimum atomic E-state index is -0.295. The highest BCUT2D eigenvalue weighted by atomic mass is 16.2. The summed E-state index contributed by atoms with van der Waals surface area (Å²) >= 11 is 0. The summed E-state index contributed by atoms with van der Waals surface area (Å²) in [5, 5.41) is 9.25. The zero-order valence-corrected chi connectivity index (χ0v) is 15.2. The van der Waals surface area contributed by atoms with Gasteiger partial charge in [-0.1, -0.05) is 0 Å². The molecular formula is C17H31N3O2. The normalized spacial score (nSPS) is 22.9. The average Bonchev–Trinajstić information content (AvgIpc) is 2.23. The SMILES string of the molecule is CC1=C(C(=O)NC(C)(C)C)C[C@@H](C(=O)NC(C)(C)C)[C@@H](C)N1. The third-order valence-corrected chi connectivity index (χ3v) is 3.52. The Morgan fingerprint density at radius 2 is 1.55 bits per heavy atom. The molecule has 0 fully saturated rings. The largest absolute Gasteiger partial charge is 0.385 e. The van der Waals surface area contributed by atoms with Gasteiger partial charge >= 0.3 is 0 Å². The molecule has 0 aromatic carbocycles. The molecule has 5 heteroatoms. The Balaban J connectivity index is 2.91. The number of nitrogens with one attached hydrogen (secondary N) is 3. The van der Waals surface area contributed by atoms with Crippen LogP contribution in [0.2, 0.25) is 0 Å². The van der Waals surface area contributed by atoms with E-state index in [4.69, 9.17) is 0 Å². The molecule has 0 saturated heterocycles. The zero-order chi connectivity index (χ0) is 17.3. The van der Waals surface area contributed by atoms with Crippen LogP contribution in [0.1, 0.15) is 61.8 Å². The average molecular weight is 309 g/mol. The van der Waals surface area contributed by atoms with Crippen molar-refractivity contribution in [3.63, 3.8) is 0 Å². The Hall–Kier alpha value is -1.52. The van der Waals surface area contributed by atoms with Gasteiger partial charge in [0.2, 0.25) is 11.8 Å². The van der Waals surface area contributed by atoms with Crippen LogP contribution in [-0.4, -0.2) is 28.9 Å². The van der Waals surface area contributed by atoms with Crippen molar-refractivity contribution >= 4 is 11.8 Å². The van der Waals surface area contributed by atoms with Gasteiger partial charge in [0.15, 0.2) is 0 Å². The number of carbonyl (C=O) groups excluding carboxylic acids is 2. The second-order valence-electron chi connectivity index (χ2n) is 8.29. The topological polar surface area (TPSA) is 70.2 Å². The molecule has 0 saturated carbocycles. The molecule has 0 spiro atoms. The fourth-order valence-electron chi connectivity index (χ4n) is 2.54. The summed E-state index contributed by atoms with van der Waals surface area (Å²) < 4.78 is 0. The van der Waals surface area contributed by atoms with Gasteiger partial charge in [-0.3, -0.25) is 9.59 Å². The molecule has 1 aliphatic rings. The molecule has 2 amide bonds. The maximum absolute atomic E-state index is 12.5. The van der Waals surface area contributed by atoms with Gasteiger partial charge in [0.25, 0.3) is 0 Å². The summed E-state index contributed by atoms with van der Waals surface area (Å²) in [4.78, 5) is 24.9. The van der Waals surface area contributed by atoms with Crippen LogP contribution in [-0.2, 0) is 9.59 Å². The molecule has 0 unspecified atom stereocenters. The Morgan fingerprint density at radius 3 is 2.00 bits per heavy atom. The summed E-state index contributed by atoms with van der Waals surface area (Å²) in [7, 11) is 0. The predicted molar refractivity (Wildman–Crippen MR) is 89.2 cm³/mol. The quantitative estimate of drug-likeness (QED) is 0.731. The van der Waals surface area contributed by atoms with Gasteiger partial charge < -0.3 is 16.0 Å². The lowest BCUT2D eigenvalue weighted by Gasteiger charge is -2.34. The van der Waals surface area contributed by atoms with Crippen molar-refractivity contribution in [1.29, 1.82) is 0 Å². The van der Waals surface area contributed by atoms with Crippen LogP contribution in [0.3, 0.4) is 0 Å². The van der Waals surface area contributed by atoms with E-state index in [1.165, 1.54) is 0 Å². The minimum absolute atomic E-state index is 0.00790. The Labute approximate surface area is 134 Å². The first-order valence-electron chi connectivity index (χ1n) is 7.91. The van der Waals surface area contributed by atoms with Crippen molar-refractivity contribution < 1.29 is 9.59 Å². The van der Waals surface area contributed by atoms with Crippen molar-refractivity contribution in [2.75, 3.05) is 0 Å². The van der Waals surface area contributed by atoms with Crippen LogP contribution >= 0.6 is 0 Å². The molecule has 2 atom stereocenters. The molecule has 0 bridgehead atoms. The van der Waals surface area contributed by atoms with E-state index in [9.17, 15) is 9.59 Å². The van der Waals surface area contributed by atoms with Gasteiger partial charge in [-0.25, -0.2) is 0 Å². The van der Waals surface area contributed by atoms with Gasteiger partial charge in [0.1, 0.15) is 0 Å². The lowest BCUT2D eigenvalue weighted by molar-refractivity contribution is -0.127. The summed E-state index contributed by atoms with van der Waals surface area (Å²) in [5.74, 6) is -0.359. The fourth-order valence-corrected chi connectivity index (χ4v) is 2.54. The number of hydrogen-bond acceptors (Lipinski definition) is 3. The highest BCUT2D eigenvalue weighted by molar-refractivity contribution is 5.96. The van der Waals surface area contributed by atoms with E-state index < -0.39 is 0 Å². The van der Waals surface area contributed by atoms with Gasteiger partial charge in [-0.15, -0.1) is 0 Å². The highest BCUT2D eigenvalue weighted by Crippen LogP contribution is 2.25. The first-order valence-corrected chi connectivity index (χ1v) is 7.91. The Morgan fingerprint density at radius 1 is 1.05 bits per heavy atom. The van der Waals surface area contributed by atoms with Crippen LogP contribution in [0.4, 0.5) is 0 Å². The van der Waals surface area contributed by atoms with Crippen molar-refractivity contribution in [3.05, 3.63) is 11.3 Å². The third kappa shape index (κ3) is 5.35. The second kappa shape index (κ2) is 6.31. The molecule has 3 N–H and O–H groups in total. The van der Waals surface area contributed by atoms with Gasteiger partial charge in [-0.05, 0) is 61.8 Å². The van der Waals surface area contributed by atoms with E-state index in [2.05, 4.69) is 16.0 Å². The van der Waals surface area contributed by atoms with E-state index in [0.717, 1.165) is 5.70 Å². The minimum Gasteiger partial charge on any atom is -0.385 e. The van der Waals surface area contributed by atoms with Crippen LogP contribution < -0.4 is 16.0 Å². The van der Waals surface area contributed by atoms with E-state index in [-0.39, 0.29) is 34.9 Å². The van der Waals surface area contributed by atoms with Crippen LogP contribution in [0.5, 0.6) is 0 Å². The number of rotatable bonds is 2. The monoisotopic (exact) mass is 309 g/mol. The fraction of sp³-hybridized carbons (Fsp3) is 0.765. The maximum atomic E-state index is 12.5. The molecule has 126 valence electrons. The summed E-state index contributed by atoms with van der Waals surface area (Å²) in [6, 6.07) is 0.00790. The molecule has 1 heterocycles. The smallest absolute Gasteiger partial charge is 0.249 e. The molecule has 0 aromatic rings.